The Morgan fingerprint density at radius 1 is 0.909 bits per heavy atom. The van der Waals surface area contributed by atoms with Gasteiger partial charge in [0, 0.05) is 25.7 Å². The summed E-state index contributed by atoms with van der Waals surface area (Å²) in [6.45, 7) is 8.87. The summed E-state index contributed by atoms with van der Waals surface area (Å²) in [5.41, 5.74) is 1.47. The zero-order chi connectivity index (χ0) is 15.2. The fourth-order valence-electron chi connectivity index (χ4n) is 3.87. The van der Waals surface area contributed by atoms with Gasteiger partial charge in [0.25, 0.3) is 0 Å². The molecular formula is C19H31N3. The highest BCUT2D eigenvalue weighted by molar-refractivity contribution is 5.14. The van der Waals surface area contributed by atoms with E-state index in [0.717, 1.165) is 6.04 Å². The van der Waals surface area contributed by atoms with E-state index in [1.807, 2.05) is 0 Å². The molecule has 2 aliphatic heterocycles. The van der Waals surface area contributed by atoms with Gasteiger partial charge >= 0.3 is 0 Å². The van der Waals surface area contributed by atoms with Crippen molar-refractivity contribution in [2.45, 2.75) is 31.7 Å². The average molecular weight is 301 g/mol. The van der Waals surface area contributed by atoms with Crippen molar-refractivity contribution in [3.8, 4) is 0 Å². The molecule has 22 heavy (non-hydrogen) atoms. The van der Waals surface area contributed by atoms with Gasteiger partial charge in [-0.15, -0.1) is 0 Å². The second kappa shape index (κ2) is 8.09. The maximum absolute atomic E-state index is 2.76. The topological polar surface area (TPSA) is 9.72 Å². The van der Waals surface area contributed by atoms with Crippen molar-refractivity contribution in [3.63, 3.8) is 0 Å². The van der Waals surface area contributed by atoms with Crippen LogP contribution in [0.3, 0.4) is 0 Å². The molecular weight excluding hydrogens is 270 g/mol. The Balaban J connectivity index is 1.40. The molecule has 2 saturated heterocycles. The first-order valence-corrected chi connectivity index (χ1v) is 9.00. The van der Waals surface area contributed by atoms with Crippen molar-refractivity contribution >= 4 is 0 Å². The molecule has 0 radical (unpaired) electrons. The van der Waals surface area contributed by atoms with Crippen molar-refractivity contribution < 1.29 is 0 Å². The number of rotatable bonds is 4. The van der Waals surface area contributed by atoms with Gasteiger partial charge in [0.1, 0.15) is 0 Å². The minimum absolute atomic E-state index is 0.833. The number of hydrogen-bond acceptors (Lipinski definition) is 3. The van der Waals surface area contributed by atoms with Crippen LogP contribution in [0.4, 0.5) is 0 Å². The van der Waals surface area contributed by atoms with Gasteiger partial charge in [-0.3, -0.25) is 4.90 Å². The number of benzene rings is 1. The van der Waals surface area contributed by atoms with Gasteiger partial charge in [-0.2, -0.15) is 0 Å². The summed E-state index contributed by atoms with van der Waals surface area (Å²) in [5, 5.41) is 0. The molecule has 1 aromatic rings. The number of hydrogen-bond donors (Lipinski definition) is 0. The maximum Gasteiger partial charge on any atom is 0.0120 e. The number of nitrogens with zero attached hydrogens (tertiary/aromatic N) is 3. The molecule has 0 amide bonds. The fourth-order valence-corrected chi connectivity index (χ4v) is 3.87. The van der Waals surface area contributed by atoms with Crippen LogP contribution in [0.2, 0.25) is 0 Å². The summed E-state index contributed by atoms with van der Waals surface area (Å²) in [5.74, 6) is 0. The Morgan fingerprint density at radius 2 is 1.68 bits per heavy atom. The summed E-state index contributed by atoms with van der Waals surface area (Å²) >= 11 is 0. The largest absolute Gasteiger partial charge is 0.305 e. The van der Waals surface area contributed by atoms with Gasteiger partial charge in [-0.1, -0.05) is 30.3 Å². The zero-order valence-corrected chi connectivity index (χ0v) is 14.1. The van der Waals surface area contributed by atoms with Crippen LogP contribution in [-0.2, 0) is 6.42 Å². The van der Waals surface area contributed by atoms with E-state index in [4.69, 9.17) is 0 Å². The first-order chi connectivity index (χ1) is 10.8. The van der Waals surface area contributed by atoms with E-state index in [1.165, 1.54) is 77.1 Å². The molecule has 0 aromatic heterocycles. The predicted molar refractivity (Wildman–Crippen MR) is 93.3 cm³/mol. The SMILES string of the molecule is CN1CCCN(C2CCN(CCc3ccccc3)CC2)CC1. The lowest BCUT2D eigenvalue weighted by Crippen LogP contribution is -2.46. The molecule has 3 heteroatoms. The van der Waals surface area contributed by atoms with Crippen LogP contribution in [-0.4, -0.2) is 73.6 Å². The summed E-state index contributed by atoms with van der Waals surface area (Å²) < 4.78 is 0. The molecule has 1 aromatic carbocycles. The van der Waals surface area contributed by atoms with Crippen molar-refractivity contribution in [2.75, 3.05) is 52.9 Å². The second-order valence-electron chi connectivity index (χ2n) is 7.00. The molecule has 0 N–H and O–H groups in total. The van der Waals surface area contributed by atoms with Gasteiger partial charge < -0.3 is 9.80 Å². The third kappa shape index (κ3) is 4.55. The highest BCUT2D eigenvalue weighted by atomic mass is 15.2. The Morgan fingerprint density at radius 3 is 2.45 bits per heavy atom. The number of likely N-dealkylation sites (N-methyl/N-ethyl adjacent to an activating group) is 1. The Hall–Kier alpha value is -0.900. The average Bonchev–Trinajstić information content (AvgIpc) is 2.79. The molecule has 0 spiro atoms. The van der Waals surface area contributed by atoms with E-state index in [-0.39, 0.29) is 0 Å². The lowest BCUT2D eigenvalue weighted by Gasteiger charge is -2.38. The summed E-state index contributed by atoms with van der Waals surface area (Å²) in [6.07, 6.45) is 5.25. The Kier molecular flexibility index (Phi) is 5.88. The Bertz CT molecular complexity index is 426. The molecule has 0 aliphatic carbocycles. The lowest BCUT2D eigenvalue weighted by atomic mass is 10.0. The van der Waals surface area contributed by atoms with Crippen LogP contribution in [0.25, 0.3) is 0 Å². The first-order valence-electron chi connectivity index (χ1n) is 9.00. The smallest absolute Gasteiger partial charge is 0.0120 e. The predicted octanol–water partition coefficient (Wildman–Crippen LogP) is 2.33. The molecule has 2 aliphatic rings. The van der Waals surface area contributed by atoms with Crippen LogP contribution in [0.15, 0.2) is 30.3 Å². The maximum atomic E-state index is 2.76. The molecule has 122 valence electrons. The van der Waals surface area contributed by atoms with E-state index in [1.54, 1.807) is 0 Å². The molecule has 0 saturated carbocycles. The van der Waals surface area contributed by atoms with Crippen molar-refractivity contribution in [1.82, 2.24) is 14.7 Å². The summed E-state index contributed by atoms with van der Waals surface area (Å²) in [4.78, 5) is 7.90. The van der Waals surface area contributed by atoms with E-state index in [9.17, 15) is 0 Å². The van der Waals surface area contributed by atoms with Crippen LogP contribution < -0.4 is 0 Å². The highest BCUT2D eigenvalue weighted by Crippen LogP contribution is 2.18. The minimum Gasteiger partial charge on any atom is -0.305 e. The minimum atomic E-state index is 0.833. The fraction of sp³-hybridized carbons (Fsp3) is 0.684. The highest BCUT2D eigenvalue weighted by Gasteiger charge is 2.25. The molecule has 0 unspecified atom stereocenters. The van der Waals surface area contributed by atoms with Crippen LogP contribution in [0.5, 0.6) is 0 Å². The molecule has 0 atom stereocenters. The van der Waals surface area contributed by atoms with E-state index < -0.39 is 0 Å². The van der Waals surface area contributed by atoms with Crippen LogP contribution >= 0.6 is 0 Å². The van der Waals surface area contributed by atoms with Crippen molar-refractivity contribution in [1.29, 1.82) is 0 Å². The zero-order valence-electron chi connectivity index (χ0n) is 14.1. The quantitative estimate of drug-likeness (QED) is 0.845. The van der Waals surface area contributed by atoms with E-state index in [2.05, 4.69) is 52.1 Å². The van der Waals surface area contributed by atoms with E-state index in [0.29, 0.717) is 0 Å². The second-order valence-corrected chi connectivity index (χ2v) is 7.00. The third-order valence-corrected chi connectivity index (χ3v) is 5.39. The lowest BCUT2D eigenvalue weighted by molar-refractivity contribution is 0.112. The molecule has 0 bridgehead atoms. The number of piperidine rings is 1. The monoisotopic (exact) mass is 301 g/mol. The van der Waals surface area contributed by atoms with Crippen LogP contribution in [0.1, 0.15) is 24.8 Å². The molecule has 3 nitrogen and oxygen atoms in total. The van der Waals surface area contributed by atoms with E-state index >= 15 is 0 Å². The van der Waals surface area contributed by atoms with Gasteiger partial charge in [0.2, 0.25) is 0 Å². The van der Waals surface area contributed by atoms with Gasteiger partial charge in [-0.25, -0.2) is 0 Å². The third-order valence-electron chi connectivity index (χ3n) is 5.39. The van der Waals surface area contributed by atoms with Crippen LogP contribution in [0, 0.1) is 0 Å². The van der Waals surface area contributed by atoms with Gasteiger partial charge in [-0.05, 0) is 64.5 Å². The van der Waals surface area contributed by atoms with Gasteiger partial charge in [0.15, 0.2) is 0 Å². The van der Waals surface area contributed by atoms with Gasteiger partial charge in [0.05, 0.1) is 0 Å². The number of likely N-dealkylation sites (tertiary alicyclic amines) is 1. The van der Waals surface area contributed by atoms with Crippen molar-refractivity contribution in [2.24, 2.45) is 0 Å². The van der Waals surface area contributed by atoms with Crippen molar-refractivity contribution in [3.05, 3.63) is 35.9 Å². The molecule has 2 fully saturated rings. The normalized spacial score (nSPS) is 23.5. The standard InChI is InChI=1S/C19H31N3/c1-20-11-5-12-22(17-16-20)19-9-14-21(15-10-19)13-8-18-6-3-2-4-7-18/h2-4,6-7,19H,5,8-17H2,1H3. The summed E-state index contributed by atoms with van der Waals surface area (Å²) in [7, 11) is 2.26. The molecule has 2 heterocycles. The Labute approximate surface area is 135 Å². The molecule has 3 rings (SSSR count). The first kappa shape index (κ1) is 16.0. The summed E-state index contributed by atoms with van der Waals surface area (Å²) in [6, 6.07) is 11.7.